The van der Waals surface area contributed by atoms with E-state index < -0.39 is 5.60 Å². The molecule has 1 saturated heterocycles. The van der Waals surface area contributed by atoms with E-state index in [1.54, 1.807) is 19.1 Å². The largest absolute Gasteiger partial charge is 0.444 e. The number of nitrogens with zero attached hydrogens (tertiary/aromatic N) is 1. The van der Waals surface area contributed by atoms with Gasteiger partial charge in [0.2, 0.25) is 0 Å². The van der Waals surface area contributed by atoms with E-state index in [1.165, 1.54) is 0 Å². The molecule has 5 heteroatoms. The van der Waals surface area contributed by atoms with Crippen LogP contribution in [0.2, 0.25) is 0 Å². The lowest BCUT2D eigenvalue weighted by Gasteiger charge is -2.31. The number of methoxy groups -OCH3 is 2. The van der Waals surface area contributed by atoms with Gasteiger partial charge in [0.1, 0.15) is 11.8 Å². The first-order valence-electron chi connectivity index (χ1n) is 5.92. The first-order chi connectivity index (χ1) is 7.89. The fourth-order valence-corrected chi connectivity index (χ4v) is 2.02. The van der Waals surface area contributed by atoms with Gasteiger partial charge in [-0.3, -0.25) is 4.90 Å². The van der Waals surface area contributed by atoms with Crippen LogP contribution in [0.25, 0.3) is 0 Å². The quantitative estimate of drug-likeness (QED) is 0.763. The van der Waals surface area contributed by atoms with Gasteiger partial charge in [0.25, 0.3) is 0 Å². The van der Waals surface area contributed by atoms with Gasteiger partial charge in [-0.05, 0) is 33.6 Å². The molecule has 1 fully saturated rings. The van der Waals surface area contributed by atoms with Gasteiger partial charge in [-0.15, -0.1) is 0 Å². The number of amides is 1. The summed E-state index contributed by atoms with van der Waals surface area (Å²) < 4.78 is 15.8. The summed E-state index contributed by atoms with van der Waals surface area (Å²) in [7, 11) is 3.24. The predicted octanol–water partition coefficient (Wildman–Crippen LogP) is 2.00. The molecular weight excluding hydrogens is 222 g/mol. The average Bonchev–Trinajstić information content (AvgIpc) is 2.58. The number of likely N-dealkylation sites (tertiary alicyclic amines) is 1. The van der Waals surface area contributed by atoms with E-state index in [-0.39, 0.29) is 18.4 Å². The summed E-state index contributed by atoms with van der Waals surface area (Å²) in [6, 6.07) is 0.0415. The molecule has 0 aromatic heterocycles. The molecule has 0 aliphatic carbocycles. The van der Waals surface area contributed by atoms with Gasteiger partial charge >= 0.3 is 6.09 Å². The van der Waals surface area contributed by atoms with Gasteiger partial charge in [-0.25, -0.2) is 4.79 Å². The highest BCUT2D eigenvalue weighted by atomic mass is 16.6. The maximum atomic E-state index is 12.1. The molecule has 1 amide bonds. The van der Waals surface area contributed by atoms with Crippen LogP contribution in [0.5, 0.6) is 0 Å². The Hall–Kier alpha value is -0.810. The molecular formula is C12H23NO4. The van der Waals surface area contributed by atoms with E-state index in [0.29, 0.717) is 6.61 Å². The highest BCUT2D eigenvalue weighted by Gasteiger charge is 2.39. The highest BCUT2D eigenvalue weighted by Crippen LogP contribution is 2.27. The molecule has 1 heterocycles. The zero-order valence-corrected chi connectivity index (χ0v) is 11.4. The Balaban J connectivity index is 2.70. The molecule has 0 aromatic carbocycles. The standard InChI is InChI=1S/C12H23NO4/c1-12(2,3)17-11(14)13-9(8-15-4)6-7-10(13)16-5/h9-10H,6-8H2,1-5H3/t9-,10+/m1/s1. The molecule has 0 N–H and O–H groups in total. The van der Waals surface area contributed by atoms with Gasteiger partial charge in [0.05, 0.1) is 12.6 Å². The lowest BCUT2D eigenvalue weighted by molar-refractivity contribution is -0.0492. The summed E-state index contributed by atoms with van der Waals surface area (Å²) in [5.41, 5.74) is -0.490. The van der Waals surface area contributed by atoms with Crippen LogP contribution in [0.15, 0.2) is 0 Å². The summed E-state index contributed by atoms with van der Waals surface area (Å²) in [6.45, 7) is 6.08. The number of ether oxygens (including phenoxy) is 3. The summed E-state index contributed by atoms with van der Waals surface area (Å²) in [5.74, 6) is 0. The maximum absolute atomic E-state index is 12.1. The monoisotopic (exact) mass is 245 g/mol. The van der Waals surface area contributed by atoms with Crippen molar-refractivity contribution in [3.63, 3.8) is 0 Å². The molecule has 1 aliphatic heterocycles. The van der Waals surface area contributed by atoms with Gasteiger partial charge < -0.3 is 14.2 Å². The van der Waals surface area contributed by atoms with Crippen LogP contribution in [0.3, 0.4) is 0 Å². The van der Waals surface area contributed by atoms with Crippen molar-refractivity contribution in [2.24, 2.45) is 0 Å². The first kappa shape index (κ1) is 14.3. The number of hydrogen-bond donors (Lipinski definition) is 0. The molecule has 1 rings (SSSR count). The van der Waals surface area contributed by atoms with Crippen molar-refractivity contribution in [1.82, 2.24) is 4.90 Å². The molecule has 0 saturated carbocycles. The third kappa shape index (κ3) is 3.85. The van der Waals surface area contributed by atoms with Crippen molar-refractivity contribution in [1.29, 1.82) is 0 Å². The maximum Gasteiger partial charge on any atom is 0.412 e. The van der Waals surface area contributed by atoms with Crippen LogP contribution >= 0.6 is 0 Å². The van der Waals surface area contributed by atoms with E-state index in [2.05, 4.69) is 0 Å². The van der Waals surface area contributed by atoms with Crippen molar-refractivity contribution < 1.29 is 19.0 Å². The number of rotatable bonds is 3. The Morgan fingerprint density at radius 1 is 1.29 bits per heavy atom. The fourth-order valence-electron chi connectivity index (χ4n) is 2.02. The molecule has 100 valence electrons. The SMILES string of the molecule is COC[C@H]1CC[C@H](OC)N1C(=O)OC(C)(C)C. The van der Waals surface area contributed by atoms with Gasteiger partial charge in [-0.2, -0.15) is 0 Å². The summed E-state index contributed by atoms with van der Waals surface area (Å²) in [4.78, 5) is 13.7. The average molecular weight is 245 g/mol. The van der Waals surface area contributed by atoms with Crippen molar-refractivity contribution in [3.05, 3.63) is 0 Å². The topological polar surface area (TPSA) is 48.0 Å². The normalized spacial score (nSPS) is 25.1. The second kappa shape index (κ2) is 5.69. The third-order valence-electron chi connectivity index (χ3n) is 2.69. The molecule has 2 atom stereocenters. The lowest BCUT2D eigenvalue weighted by atomic mass is 10.2. The Morgan fingerprint density at radius 2 is 1.94 bits per heavy atom. The second-order valence-corrected chi connectivity index (χ2v) is 5.26. The minimum absolute atomic E-state index is 0.0415. The van der Waals surface area contributed by atoms with E-state index in [1.807, 2.05) is 20.8 Å². The smallest absolute Gasteiger partial charge is 0.412 e. The molecule has 0 radical (unpaired) electrons. The Labute approximate surface area is 103 Å². The summed E-state index contributed by atoms with van der Waals surface area (Å²) in [6.07, 6.45) is 1.17. The van der Waals surface area contributed by atoms with Crippen LogP contribution in [0.1, 0.15) is 33.6 Å². The van der Waals surface area contributed by atoms with Gasteiger partial charge in [0, 0.05) is 14.2 Å². The van der Waals surface area contributed by atoms with Crippen molar-refractivity contribution in [2.75, 3.05) is 20.8 Å². The number of carbonyl (C=O) groups excluding carboxylic acids is 1. The Morgan fingerprint density at radius 3 is 2.41 bits per heavy atom. The molecule has 0 unspecified atom stereocenters. The molecule has 0 aromatic rings. The molecule has 0 bridgehead atoms. The minimum Gasteiger partial charge on any atom is -0.444 e. The summed E-state index contributed by atoms with van der Waals surface area (Å²) >= 11 is 0. The molecule has 17 heavy (non-hydrogen) atoms. The van der Waals surface area contributed by atoms with E-state index in [0.717, 1.165) is 12.8 Å². The third-order valence-corrected chi connectivity index (χ3v) is 2.69. The van der Waals surface area contributed by atoms with Crippen molar-refractivity contribution in [3.8, 4) is 0 Å². The highest BCUT2D eigenvalue weighted by molar-refractivity contribution is 5.69. The van der Waals surface area contributed by atoms with E-state index >= 15 is 0 Å². The van der Waals surface area contributed by atoms with Gasteiger partial charge in [0.15, 0.2) is 0 Å². The Kier molecular flexibility index (Phi) is 4.77. The number of hydrogen-bond acceptors (Lipinski definition) is 4. The Bertz CT molecular complexity index is 262. The van der Waals surface area contributed by atoms with Crippen LogP contribution in [-0.2, 0) is 14.2 Å². The zero-order chi connectivity index (χ0) is 13.1. The van der Waals surface area contributed by atoms with E-state index in [4.69, 9.17) is 14.2 Å². The molecule has 5 nitrogen and oxygen atoms in total. The number of carbonyl (C=O) groups is 1. The first-order valence-corrected chi connectivity index (χ1v) is 5.92. The summed E-state index contributed by atoms with van der Waals surface area (Å²) in [5, 5.41) is 0. The molecule has 0 spiro atoms. The van der Waals surface area contributed by atoms with Crippen LogP contribution < -0.4 is 0 Å². The second-order valence-electron chi connectivity index (χ2n) is 5.26. The van der Waals surface area contributed by atoms with E-state index in [9.17, 15) is 4.79 Å². The van der Waals surface area contributed by atoms with Crippen LogP contribution in [0.4, 0.5) is 4.79 Å². The lowest BCUT2D eigenvalue weighted by Crippen LogP contribution is -2.46. The van der Waals surface area contributed by atoms with Crippen LogP contribution in [0, 0.1) is 0 Å². The van der Waals surface area contributed by atoms with Crippen molar-refractivity contribution >= 4 is 6.09 Å². The zero-order valence-electron chi connectivity index (χ0n) is 11.4. The van der Waals surface area contributed by atoms with Gasteiger partial charge in [-0.1, -0.05) is 0 Å². The molecule has 1 aliphatic rings. The predicted molar refractivity (Wildman–Crippen MR) is 63.8 cm³/mol. The van der Waals surface area contributed by atoms with Crippen molar-refractivity contribution in [2.45, 2.75) is 51.5 Å². The fraction of sp³-hybridized carbons (Fsp3) is 0.917. The van der Waals surface area contributed by atoms with Crippen LogP contribution in [-0.4, -0.2) is 49.7 Å². The minimum atomic E-state index is -0.490.